The Labute approximate surface area is 97.2 Å². The van der Waals surface area contributed by atoms with E-state index in [1.54, 1.807) is 6.20 Å². The zero-order valence-corrected chi connectivity index (χ0v) is 10.1. The van der Waals surface area contributed by atoms with Crippen LogP contribution in [0.3, 0.4) is 0 Å². The molecule has 1 aromatic rings. The molecule has 0 saturated heterocycles. The number of anilines is 1. The maximum atomic E-state index is 5.70. The van der Waals surface area contributed by atoms with Gasteiger partial charge in [-0.2, -0.15) is 0 Å². The lowest BCUT2D eigenvalue weighted by molar-refractivity contribution is 0.227. The van der Waals surface area contributed by atoms with E-state index < -0.39 is 0 Å². The van der Waals surface area contributed by atoms with Crippen molar-refractivity contribution in [3.63, 3.8) is 0 Å². The summed E-state index contributed by atoms with van der Waals surface area (Å²) in [5.74, 6) is 1.10. The van der Waals surface area contributed by atoms with Gasteiger partial charge in [0.2, 0.25) is 5.88 Å². The summed E-state index contributed by atoms with van der Waals surface area (Å²) in [6, 6.07) is 0. The first kappa shape index (κ1) is 12.7. The van der Waals surface area contributed by atoms with Gasteiger partial charge in [-0.05, 0) is 12.3 Å². The van der Waals surface area contributed by atoms with E-state index in [0.717, 1.165) is 6.42 Å². The number of nitrogens with zero attached hydrogens (tertiary/aromatic N) is 2. The van der Waals surface area contributed by atoms with Crippen LogP contribution in [0.1, 0.15) is 39.5 Å². The molecule has 0 aliphatic carbocycles. The third-order valence-electron chi connectivity index (χ3n) is 2.70. The molecule has 1 aromatic heterocycles. The minimum Gasteiger partial charge on any atom is -0.476 e. The van der Waals surface area contributed by atoms with Crippen molar-refractivity contribution in [3.8, 4) is 5.88 Å². The summed E-state index contributed by atoms with van der Waals surface area (Å²) in [5.41, 5.74) is 6.21. The first-order chi connectivity index (χ1) is 7.77. The Morgan fingerprint density at radius 3 is 2.88 bits per heavy atom. The van der Waals surface area contributed by atoms with Crippen LogP contribution in [-0.2, 0) is 0 Å². The second-order valence-corrected chi connectivity index (χ2v) is 4.01. The molecule has 0 fully saturated rings. The average molecular weight is 223 g/mol. The smallest absolute Gasteiger partial charge is 0.240 e. The molecule has 0 amide bonds. The number of aromatic nitrogens is 2. The number of hydrogen-bond acceptors (Lipinski definition) is 4. The molecule has 4 heteroatoms. The fourth-order valence-electron chi connectivity index (χ4n) is 1.54. The van der Waals surface area contributed by atoms with E-state index >= 15 is 0 Å². The fourth-order valence-corrected chi connectivity index (χ4v) is 1.54. The van der Waals surface area contributed by atoms with E-state index in [9.17, 15) is 0 Å². The molecule has 0 aliphatic heterocycles. The first-order valence-electron chi connectivity index (χ1n) is 5.96. The lowest BCUT2D eigenvalue weighted by Gasteiger charge is -2.15. The second-order valence-electron chi connectivity index (χ2n) is 4.01. The van der Waals surface area contributed by atoms with Crippen LogP contribution >= 0.6 is 0 Å². The highest BCUT2D eigenvalue weighted by Gasteiger charge is 2.08. The first-order valence-corrected chi connectivity index (χ1v) is 5.96. The van der Waals surface area contributed by atoms with Gasteiger partial charge in [-0.25, -0.2) is 9.97 Å². The van der Waals surface area contributed by atoms with Crippen molar-refractivity contribution in [1.82, 2.24) is 9.97 Å². The lowest BCUT2D eigenvalue weighted by atomic mass is 10.0. The molecule has 2 N–H and O–H groups in total. The summed E-state index contributed by atoms with van der Waals surface area (Å²) in [7, 11) is 0. The van der Waals surface area contributed by atoms with E-state index in [0.29, 0.717) is 24.1 Å². The Kier molecular flexibility index (Phi) is 5.61. The number of nitrogens with two attached hydrogens (primary N) is 1. The molecule has 0 spiro atoms. The van der Waals surface area contributed by atoms with Gasteiger partial charge >= 0.3 is 0 Å². The molecule has 0 radical (unpaired) electrons. The maximum Gasteiger partial charge on any atom is 0.240 e. The Morgan fingerprint density at radius 1 is 1.44 bits per heavy atom. The molecule has 0 bridgehead atoms. The standard InChI is InChI=1S/C12H21N3O/c1-3-5-6-10(4-2)8-16-12-11(13)7-14-9-15-12/h7,9-10H,3-6,8,13H2,1-2H3. The average Bonchev–Trinajstić information content (AvgIpc) is 2.31. The number of nitrogen functional groups attached to an aromatic ring is 1. The predicted octanol–water partition coefficient (Wildman–Crippen LogP) is 2.65. The molecule has 4 nitrogen and oxygen atoms in total. The predicted molar refractivity (Wildman–Crippen MR) is 65.2 cm³/mol. The molecule has 1 unspecified atom stereocenters. The molecule has 0 aromatic carbocycles. The topological polar surface area (TPSA) is 61.0 Å². The van der Waals surface area contributed by atoms with Gasteiger partial charge in [0.05, 0.1) is 12.8 Å². The quantitative estimate of drug-likeness (QED) is 0.772. The van der Waals surface area contributed by atoms with Gasteiger partial charge in [0.1, 0.15) is 12.0 Å². The zero-order chi connectivity index (χ0) is 11.8. The van der Waals surface area contributed by atoms with Crippen molar-refractivity contribution in [2.24, 2.45) is 5.92 Å². The molecule has 1 heterocycles. The number of rotatable bonds is 7. The van der Waals surface area contributed by atoms with E-state index in [4.69, 9.17) is 10.5 Å². The molecule has 90 valence electrons. The zero-order valence-electron chi connectivity index (χ0n) is 10.1. The minimum atomic E-state index is 0.505. The Bertz CT molecular complexity index is 304. The van der Waals surface area contributed by atoms with Gasteiger partial charge in [-0.3, -0.25) is 0 Å². The van der Waals surface area contributed by atoms with Gasteiger partial charge < -0.3 is 10.5 Å². The van der Waals surface area contributed by atoms with Crippen molar-refractivity contribution in [2.75, 3.05) is 12.3 Å². The molecule has 0 saturated carbocycles. The Morgan fingerprint density at radius 2 is 2.25 bits per heavy atom. The number of ether oxygens (including phenoxy) is 1. The summed E-state index contributed by atoms with van der Waals surface area (Å²) in [5, 5.41) is 0. The van der Waals surface area contributed by atoms with Crippen LogP contribution in [0, 0.1) is 5.92 Å². The van der Waals surface area contributed by atoms with Crippen LogP contribution in [0.4, 0.5) is 5.69 Å². The second kappa shape index (κ2) is 7.04. The van der Waals surface area contributed by atoms with E-state index in [1.807, 2.05) is 0 Å². The third-order valence-corrected chi connectivity index (χ3v) is 2.70. The van der Waals surface area contributed by atoms with Crippen molar-refractivity contribution < 1.29 is 4.74 Å². The summed E-state index contributed by atoms with van der Waals surface area (Å²) >= 11 is 0. The van der Waals surface area contributed by atoms with Crippen LogP contribution in [0.5, 0.6) is 5.88 Å². The van der Waals surface area contributed by atoms with E-state index in [2.05, 4.69) is 23.8 Å². The van der Waals surface area contributed by atoms with Gasteiger partial charge in [-0.1, -0.05) is 33.1 Å². The van der Waals surface area contributed by atoms with E-state index in [1.165, 1.54) is 25.6 Å². The molecular weight excluding hydrogens is 202 g/mol. The van der Waals surface area contributed by atoms with Crippen molar-refractivity contribution >= 4 is 5.69 Å². The fraction of sp³-hybridized carbons (Fsp3) is 0.667. The van der Waals surface area contributed by atoms with Crippen LogP contribution < -0.4 is 10.5 Å². The summed E-state index contributed by atoms with van der Waals surface area (Å²) in [4.78, 5) is 7.83. The maximum absolute atomic E-state index is 5.70. The molecule has 1 rings (SSSR count). The molecular formula is C12H21N3O. The highest BCUT2D eigenvalue weighted by atomic mass is 16.5. The summed E-state index contributed by atoms with van der Waals surface area (Å²) < 4.78 is 5.61. The lowest BCUT2D eigenvalue weighted by Crippen LogP contribution is -2.12. The largest absolute Gasteiger partial charge is 0.476 e. The van der Waals surface area contributed by atoms with Crippen LogP contribution in [0.2, 0.25) is 0 Å². The molecule has 16 heavy (non-hydrogen) atoms. The highest BCUT2D eigenvalue weighted by Crippen LogP contribution is 2.18. The van der Waals surface area contributed by atoms with Gasteiger partial charge in [0.15, 0.2) is 0 Å². The van der Waals surface area contributed by atoms with Gasteiger partial charge in [0.25, 0.3) is 0 Å². The summed E-state index contributed by atoms with van der Waals surface area (Å²) in [6.45, 7) is 5.08. The Balaban J connectivity index is 2.40. The SMILES string of the molecule is CCCCC(CC)COc1ncncc1N. The normalized spacial score (nSPS) is 12.4. The monoisotopic (exact) mass is 223 g/mol. The number of unbranched alkanes of at least 4 members (excludes halogenated alkanes) is 1. The van der Waals surface area contributed by atoms with Gasteiger partial charge in [0, 0.05) is 0 Å². The number of hydrogen-bond donors (Lipinski definition) is 1. The molecule has 0 aliphatic rings. The van der Waals surface area contributed by atoms with Crippen LogP contribution in [0.25, 0.3) is 0 Å². The van der Waals surface area contributed by atoms with Crippen molar-refractivity contribution in [2.45, 2.75) is 39.5 Å². The van der Waals surface area contributed by atoms with Crippen LogP contribution in [-0.4, -0.2) is 16.6 Å². The van der Waals surface area contributed by atoms with Crippen molar-refractivity contribution in [3.05, 3.63) is 12.5 Å². The third kappa shape index (κ3) is 4.04. The van der Waals surface area contributed by atoms with E-state index in [-0.39, 0.29) is 0 Å². The van der Waals surface area contributed by atoms with Gasteiger partial charge in [-0.15, -0.1) is 0 Å². The Hall–Kier alpha value is -1.32. The minimum absolute atomic E-state index is 0.505. The highest BCUT2D eigenvalue weighted by molar-refractivity contribution is 5.44. The summed E-state index contributed by atoms with van der Waals surface area (Å²) in [6.07, 6.45) is 7.84. The molecule has 1 atom stereocenters. The van der Waals surface area contributed by atoms with Crippen LogP contribution in [0.15, 0.2) is 12.5 Å². The van der Waals surface area contributed by atoms with Crippen molar-refractivity contribution in [1.29, 1.82) is 0 Å².